The second-order valence-electron chi connectivity index (χ2n) is 3.10. The summed E-state index contributed by atoms with van der Waals surface area (Å²) >= 11 is 0. The third-order valence-electron chi connectivity index (χ3n) is 1.83. The van der Waals surface area contributed by atoms with Crippen LogP contribution < -0.4 is 11.1 Å². The van der Waals surface area contributed by atoms with Crippen molar-refractivity contribution >= 4 is 11.8 Å². The predicted molar refractivity (Wildman–Crippen MR) is 52.5 cm³/mol. The molecule has 3 N–H and O–H groups in total. The van der Waals surface area contributed by atoms with E-state index in [2.05, 4.69) is 5.32 Å². The van der Waals surface area contributed by atoms with E-state index >= 15 is 0 Å². The zero-order valence-corrected chi connectivity index (χ0v) is 8.30. The average Bonchev–Trinajstić information content (AvgIpc) is 2.21. The minimum Gasteiger partial charge on any atom is -0.370 e. The summed E-state index contributed by atoms with van der Waals surface area (Å²) in [5.41, 5.74) is 4.45. The second kappa shape index (κ2) is 5.20. The molecule has 6 heteroatoms. The van der Waals surface area contributed by atoms with Crippen LogP contribution in [0, 0.1) is 11.6 Å². The van der Waals surface area contributed by atoms with Crippen LogP contribution in [0.2, 0.25) is 0 Å². The molecule has 2 amide bonds. The number of primary amides is 1. The molecule has 0 unspecified atom stereocenters. The number of nitrogens with one attached hydrogen (secondary N) is 1. The summed E-state index contributed by atoms with van der Waals surface area (Å²) < 4.78 is 25.8. The monoisotopic (exact) mass is 228 g/mol. The Morgan fingerprint density at radius 3 is 2.62 bits per heavy atom. The molecule has 0 aliphatic heterocycles. The van der Waals surface area contributed by atoms with E-state index in [-0.39, 0.29) is 13.0 Å². The Bertz CT molecular complexity index is 421. The molecule has 86 valence electrons. The SMILES string of the molecule is NC(=O)CCNC(=O)c1cc(F)ccc1F. The fourth-order valence-corrected chi connectivity index (χ4v) is 1.07. The van der Waals surface area contributed by atoms with Crippen LogP contribution in [0.1, 0.15) is 16.8 Å². The van der Waals surface area contributed by atoms with Crippen LogP contribution in [0.3, 0.4) is 0 Å². The maximum atomic E-state index is 13.1. The first-order chi connectivity index (χ1) is 7.50. The molecular formula is C10H10F2N2O2. The van der Waals surface area contributed by atoms with Gasteiger partial charge >= 0.3 is 0 Å². The Labute approximate surface area is 90.4 Å². The topological polar surface area (TPSA) is 72.2 Å². The third kappa shape index (κ3) is 3.30. The molecule has 16 heavy (non-hydrogen) atoms. The molecule has 0 saturated heterocycles. The van der Waals surface area contributed by atoms with Gasteiger partial charge in [0.25, 0.3) is 5.91 Å². The van der Waals surface area contributed by atoms with Crippen LogP contribution in [0.15, 0.2) is 18.2 Å². The number of nitrogens with two attached hydrogens (primary N) is 1. The van der Waals surface area contributed by atoms with Crippen LogP contribution in [0.5, 0.6) is 0 Å². The minimum atomic E-state index is -0.821. The molecule has 0 radical (unpaired) electrons. The Morgan fingerprint density at radius 2 is 2.00 bits per heavy atom. The van der Waals surface area contributed by atoms with Gasteiger partial charge in [-0.25, -0.2) is 8.78 Å². The first kappa shape index (κ1) is 12.1. The standard InChI is InChI=1S/C10H10F2N2O2/c11-6-1-2-8(12)7(5-6)10(16)14-4-3-9(13)15/h1-2,5H,3-4H2,(H2,13,15)(H,14,16). The normalized spacial score (nSPS) is 9.88. The summed E-state index contributed by atoms with van der Waals surface area (Å²) in [5, 5.41) is 2.25. The summed E-state index contributed by atoms with van der Waals surface area (Å²) in [4.78, 5) is 21.7. The van der Waals surface area contributed by atoms with Crippen LogP contribution in [0.25, 0.3) is 0 Å². The van der Waals surface area contributed by atoms with Crippen molar-refractivity contribution in [1.29, 1.82) is 0 Å². The van der Waals surface area contributed by atoms with Crippen LogP contribution in [-0.4, -0.2) is 18.4 Å². The molecule has 0 fully saturated rings. The van der Waals surface area contributed by atoms with E-state index in [0.717, 1.165) is 18.2 Å². The maximum Gasteiger partial charge on any atom is 0.254 e. The van der Waals surface area contributed by atoms with Gasteiger partial charge in [-0.2, -0.15) is 0 Å². The largest absolute Gasteiger partial charge is 0.370 e. The number of carbonyl (C=O) groups excluding carboxylic acids is 2. The van der Waals surface area contributed by atoms with Gasteiger partial charge < -0.3 is 11.1 Å². The highest BCUT2D eigenvalue weighted by Gasteiger charge is 2.12. The van der Waals surface area contributed by atoms with Crippen LogP contribution in [-0.2, 0) is 4.79 Å². The van der Waals surface area contributed by atoms with E-state index in [1.165, 1.54) is 0 Å². The van der Waals surface area contributed by atoms with Gasteiger partial charge in [-0.3, -0.25) is 9.59 Å². The lowest BCUT2D eigenvalue weighted by Gasteiger charge is -2.04. The number of hydrogen-bond donors (Lipinski definition) is 2. The lowest BCUT2D eigenvalue weighted by atomic mass is 10.2. The molecular weight excluding hydrogens is 218 g/mol. The number of hydrogen-bond acceptors (Lipinski definition) is 2. The second-order valence-corrected chi connectivity index (χ2v) is 3.10. The molecule has 0 saturated carbocycles. The summed E-state index contributed by atoms with van der Waals surface area (Å²) in [5.74, 6) is -2.89. The fraction of sp³-hybridized carbons (Fsp3) is 0.200. The van der Waals surface area contributed by atoms with Gasteiger partial charge in [-0.15, -0.1) is 0 Å². The van der Waals surface area contributed by atoms with Crippen molar-refractivity contribution in [3.63, 3.8) is 0 Å². The lowest BCUT2D eigenvalue weighted by molar-refractivity contribution is -0.117. The van der Waals surface area contributed by atoms with Crippen molar-refractivity contribution in [1.82, 2.24) is 5.32 Å². The smallest absolute Gasteiger partial charge is 0.254 e. The molecule has 0 aromatic heterocycles. The lowest BCUT2D eigenvalue weighted by Crippen LogP contribution is -2.28. The van der Waals surface area contributed by atoms with E-state index in [9.17, 15) is 18.4 Å². The van der Waals surface area contributed by atoms with E-state index in [0.29, 0.717) is 0 Å². The van der Waals surface area contributed by atoms with Gasteiger partial charge in [0.2, 0.25) is 5.91 Å². The molecule has 0 bridgehead atoms. The maximum absolute atomic E-state index is 13.1. The summed E-state index contributed by atoms with van der Waals surface area (Å²) in [7, 11) is 0. The number of carbonyl (C=O) groups is 2. The highest BCUT2D eigenvalue weighted by molar-refractivity contribution is 5.94. The molecule has 0 spiro atoms. The molecule has 1 aromatic rings. The predicted octanol–water partition coefficient (Wildman–Crippen LogP) is 0.570. The highest BCUT2D eigenvalue weighted by atomic mass is 19.1. The Hall–Kier alpha value is -1.98. The van der Waals surface area contributed by atoms with Gasteiger partial charge in [0, 0.05) is 13.0 Å². The van der Waals surface area contributed by atoms with Crippen molar-refractivity contribution in [2.75, 3.05) is 6.54 Å². The number of amides is 2. The van der Waals surface area contributed by atoms with Gasteiger partial charge in [0.1, 0.15) is 11.6 Å². The van der Waals surface area contributed by atoms with E-state index in [4.69, 9.17) is 5.73 Å². The minimum absolute atomic E-state index is 0.00980. The first-order valence-corrected chi connectivity index (χ1v) is 4.52. The summed E-state index contributed by atoms with van der Waals surface area (Å²) in [6, 6.07) is 2.56. The average molecular weight is 228 g/mol. The molecule has 0 heterocycles. The zero-order valence-electron chi connectivity index (χ0n) is 8.30. The van der Waals surface area contributed by atoms with Crippen LogP contribution >= 0.6 is 0 Å². The molecule has 1 aromatic carbocycles. The zero-order chi connectivity index (χ0) is 12.1. The third-order valence-corrected chi connectivity index (χ3v) is 1.83. The van der Waals surface area contributed by atoms with E-state index in [1.807, 2.05) is 0 Å². The van der Waals surface area contributed by atoms with Gasteiger partial charge in [-0.1, -0.05) is 0 Å². The van der Waals surface area contributed by atoms with Crippen molar-refractivity contribution < 1.29 is 18.4 Å². The Morgan fingerprint density at radius 1 is 1.31 bits per heavy atom. The highest BCUT2D eigenvalue weighted by Crippen LogP contribution is 2.09. The summed E-state index contributed by atoms with van der Waals surface area (Å²) in [6.07, 6.45) is -0.0529. The van der Waals surface area contributed by atoms with Crippen molar-refractivity contribution in [2.24, 2.45) is 5.73 Å². The number of benzene rings is 1. The van der Waals surface area contributed by atoms with Gasteiger partial charge in [-0.05, 0) is 18.2 Å². The first-order valence-electron chi connectivity index (χ1n) is 4.52. The molecule has 0 aliphatic rings. The Balaban J connectivity index is 2.65. The van der Waals surface area contributed by atoms with Crippen molar-refractivity contribution in [3.8, 4) is 0 Å². The number of rotatable bonds is 4. The molecule has 0 aliphatic carbocycles. The fourth-order valence-electron chi connectivity index (χ4n) is 1.07. The number of halogens is 2. The molecule has 4 nitrogen and oxygen atoms in total. The summed E-state index contributed by atoms with van der Waals surface area (Å²) in [6.45, 7) is -0.00980. The van der Waals surface area contributed by atoms with E-state index < -0.39 is 29.0 Å². The van der Waals surface area contributed by atoms with Gasteiger partial charge in [0.15, 0.2) is 0 Å². The van der Waals surface area contributed by atoms with Gasteiger partial charge in [0.05, 0.1) is 5.56 Å². The quantitative estimate of drug-likeness (QED) is 0.790. The van der Waals surface area contributed by atoms with E-state index in [1.54, 1.807) is 0 Å². The molecule has 0 atom stereocenters. The molecule has 1 rings (SSSR count). The van der Waals surface area contributed by atoms with Crippen molar-refractivity contribution in [3.05, 3.63) is 35.4 Å². The van der Waals surface area contributed by atoms with Crippen molar-refractivity contribution in [2.45, 2.75) is 6.42 Å². The Kier molecular flexibility index (Phi) is 3.93. The van der Waals surface area contributed by atoms with Crippen LogP contribution in [0.4, 0.5) is 8.78 Å².